The number of hydrogen-bond donors (Lipinski definition) is 2. The van der Waals surface area contributed by atoms with Crippen LogP contribution in [-0.2, 0) is 4.74 Å². The number of aliphatic hydroxyl groups excluding tert-OH is 1. The largest absolute Gasteiger partial charge is 0.453 e. The van der Waals surface area contributed by atoms with Crippen molar-refractivity contribution in [2.45, 2.75) is 26.8 Å². The Balaban J connectivity index is 4.09. The number of ether oxygens (including phenoxy) is 1. The Bertz CT molecular complexity index is 151. The third-order valence-electron chi connectivity index (χ3n) is 1.71. The predicted molar refractivity (Wildman–Crippen MR) is 45.9 cm³/mol. The molecule has 1 amide bonds. The summed E-state index contributed by atoms with van der Waals surface area (Å²) in [4.78, 5) is 10.8. The number of rotatable bonds is 2. The highest BCUT2D eigenvalue weighted by Crippen LogP contribution is 2.18. The van der Waals surface area contributed by atoms with Crippen LogP contribution >= 0.6 is 0 Å². The molecule has 0 fully saturated rings. The molecular formula is C8H17NO3. The van der Waals surface area contributed by atoms with Gasteiger partial charge < -0.3 is 15.2 Å². The first-order valence-electron chi connectivity index (χ1n) is 3.87. The minimum absolute atomic E-state index is 0.0847. The smallest absolute Gasteiger partial charge is 0.407 e. The van der Waals surface area contributed by atoms with E-state index >= 15 is 0 Å². The first-order chi connectivity index (χ1) is 5.41. The fourth-order valence-corrected chi connectivity index (χ4v) is 0.737. The van der Waals surface area contributed by atoms with Crippen molar-refractivity contribution in [3.8, 4) is 0 Å². The average Bonchev–Trinajstić information content (AvgIpc) is 1.97. The highest BCUT2D eigenvalue weighted by atomic mass is 16.5. The molecule has 0 heterocycles. The maximum Gasteiger partial charge on any atom is 0.407 e. The summed E-state index contributed by atoms with van der Waals surface area (Å²) in [5, 5.41) is 11.5. The Labute approximate surface area is 72.9 Å². The standard InChI is InChI=1S/C8H17NO3/c1-8(2,3)6(5-10)9-7(11)12-4/h6,10H,5H2,1-4H3,(H,9,11). The lowest BCUT2D eigenvalue weighted by atomic mass is 9.87. The zero-order chi connectivity index (χ0) is 9.78. The van der Waals surface area contributed by atoms with Crippen molar-refractivity contribution in [3.05, 3.63) is 0 Å². The number of methoxy groups -OCH3 is 1. The number of alkyl carbamates (subject to hydrolysis) is 1. The summed E-state index contributed by atoms with van der Waals surface area (Å²) in [5.74, 6) is 0. The second kappa shape index (κ2) is 4.30. The first-order valence-corrected chi connectivity index (χ1v) is 3.87. The van der Waals surface area contributed by atoms with Crippen molar-refractivity contribution in [1.82, 2.24) is 5.32 Å². The fraction of sp³-hybridized carbons (Fsp3) is 0.875. The van der Waals surface area contributed by atoms with Crippen LogP contribution in [0.15, 0.2) is 0 Å². The van der Waals surface area contributed by atoms with E-state index in [1.165, 1.54) is 7.11 Å². The molecule has 2 N–H and O–H groups in total. The number of aliphatic hydroxyl groups is 1. The van der Waals surface area contributed by atoms with Crippen molar-refractivity contribution < 1.29 is 14.6 Å². The minimum Gasteiger partial charge on any atom is -0.453 e. The Morgan fingerprint density at radius 1 is 1.58 bits per heavy atom. The summed E-state index contributed by atoms with van der Waals surface area (Å²) in [5.41, 5.74) is -0.164. The number of carbonyl (C=O) groups excluding carboxylic acids is 1. The van der Waals surface area contributed by atoms with E-state index in [4.69, 9.17) is 5.11 Å². The SMILES string of the molecule is COC(=O)NC(CO)C(C)(C)C. The van der Waals surface area contributed by atoms with E-state index in [0.717, 1.165) is 0 Å². The number of hydrogen-bond acceptors (Lipinski definition) is 3. The van der Waals surface area contributed by atoms with E-state index in [9.17, 15) is 4.79 Å². The van der Waals surface area contributed by atoms with Gasteiger partial charge in [0.25, 0.3) is 0 Å². The van der Waals surface area contributed by atoms with Gasteiger partial charge in [0.2, 0.25) is 0 Å². The Kier molecular flexibility index (Phi) is 4.03. The van der Waals surface area contributed by atoms with Crippen LogP contribution in [0.1, 0.15) is 20.8 Å². The topological polar surface area (TPSA) is 58.6 Å². The molecule has 0 saturated carbocycles. The third-order valence-corrected chi connectivity index (χ3v) is 1.71. The van der Waals surface area contributed by atoms with Gasteiger partial charge in [-0.05, 0) is 5.41 Å². The molecule has 72 valence electrons. The van der Waals surface area contributed by atoms with Gasteiger partial charge in [0.05, 0.1) is 19.8 Å². The van der Waals surface area contributed by atoms with Gasteiger partial charge in [-0.3, -0.25) is 0 Å². The van der Waals surface area contributed by atoms with Gasteiger partial charge in [-0.1, -0.05) is 20.8 Å². The van der Waals surface area contributed by atoms with E-state index in [2.05, 4.69) is 10.1 Å². The lowest BCUT2D eigenvalue weighted by Crippen LogP contribution is -2.46. The molecule has 0 aliphatic carbocycles. The molecule has 0 aromatic carbocycles. The molecule has 4 heteroatoms. The summed E-state index contributed by atoms with van der Waals surface area (Å²) in [6.07, 6.45) is -0.510. The third kappa shape index (κ3) is 3.57. The van der Waals surface area contributed by atoms with E-state index in [-0.39, 0.29) is 18.1 Å². The molecular weight excluding hydrogens is 158 g/mol. The van der Waals surface area contributed by atoms with Crippen molar-refractivity contribution >= 4 is 6.09 Å². The van der Waals surface area contributed by atoms with Crippen LogP contribution in [0.4, 0.5) is 4.79 Å². The zero-order valence-corrected chi connectivity index (χ0v) is 8.05. The van der Waals surface area contributed by atoms with Gasteiger partial charge in [-0.25, -0.2) is 4.79 Å². The normalized spacial score (nSPS) is 13.8. The average molecular weight is 175 g/mol. The van der Waals surface area contributed by atoms with Gasteiger partial charge in [0.1, 0.15) is 0 Å². The number of nitrogens with one attached hydrogen (secondary N) is 1. The molecule has 0 saturated heterocycles. The molecule has 4 nitrogen and oxygen atoms in total. The molecule has 0 radical (unpaired) electrons. The summed E-state index contributed by atoms with van der Waals surface area (Å²) < 4.78 is 4.42. The van der Waals surface area contributed by atoms with Gasteiger partial charge in [0, 0.05) is 0 Å². The van der Waals surface area contributed by atoms with Gasteiger partial charge >= 0.3 is 6.09 Å². The summed E-state index contributed by atoms with van der Waals surface area (Å²) in [6, 6.07) is -0.273. The lowest BCUT2D eigenvalue weighted by molar-refractivity contribution is 0.127. The van der Waals surface area contributed by atoms with Crippen molar-refractivity contribution in [2.24, 2.45) is 5.41 Å². The van der Waals surface area contributed by atoms with Gasteiger partial charge in [-0.2, -0.15) is 0 Å². The second-order valence-corrected chi connectivity index (χ2v) is 3.74. The fourth-order valence-electron chi connectivity index (χ4n) is 0.737. The van der Waals surface area contributed by atoms with Crippen LogP contribution in [0.25, 0.3) is 0 Å². The molecule has 1 atom stereocenters. The molecule has 0 aliphatic heterocycles. The molecule has 0 aromatic rings. The maximum absolute atomic E-state index is 10.8. The highest BCUT2D eigenvalue weighted by Gasteiger charge is 2.25. The van der Waals surface area contributed by atoms with E-state index < -0.39 is 6.09 Å². The summed E-state index contributed by atoms with van der Waals surface area (Å²) >= 11 is 0. The van der Waals surface area contributed by atoms with Crippen molar-refractivity contribution in [1.29, 1.82) is 0 Å². The van der Waals surface area contributed by atoms with Crippen LogP contribution in [0.2, 0.25) is 0 Å². The monoisotopic (exact) mass is 175 g/mol. The van der Waals surface area contributed by atoms with E-state index in [1.807, 2.05) is 20.8 Å². The zero-order valence-electron chi connectivity index (χ0n) is 8.05. The highest BCUT2D eigenvalue weighted by molar-refractivity contribution is 5.67. The van der Waals surface area contributed by atoms with Crippen LogP contribution in [0, 0.1) is 5.41 Å². The second-order valence-electron chi connectivity index (χ2n) is 3.74. The lowest BCUT2D eigenvalue weighted by Gasteiger charge is -2.29. The quantitative estimate of drug-likeness (QED) is 0.651. The Hall–Kier alpha value is -0.770. The number of amides is 1. The van der Waals surface area contributed by atoms with Crippen LogP contribution < -0.4 is 5.32 Å². The minimum atomic E-state index is -0.510. The molecule has 12 heavy (non-hydrogen) atoms. The van der Waals surface area contributed by atoms with Crippen LogP contribution in [0.3, 0.4) is 0 Å². The van der Waals surface area contributed by atoms with E-state index in [1.54, 1.807) is 0 Å². The molecule has 0 rings (SSSR count). The summed E-state index contributed by atoms with van der Waals surface area (Å²) in [6.45, 7) is 5.72. The molecule has 0 bridgehead atoms. The van der Waals surface area contributed by atoms with Crippen LogP contribution in [0.5, 0.6) is 0 Å². The molecule has 1 unspecified atom stereocenters. The summed E-state index contributed by atoms with van der Waals surface area (Å²) in [7, 11) is 1.30. The molecule has 0 aliphatic rings. The Morgan fingerprint density at radius 2 is 2.08 bits per heavy atom. The first kappa shape index (κ1) is 11.2. The van der Waals surface area contributed by atoms with Crippen molar-refractivity contribution in [3.63, 3.8) is 0 Å². The Morgan fingerprint density at radius 3 is 2.33 bits per heavy atom. The van der Waals surface area contributed by atoms with Gasteiger partial charge in [0.15, 0.2) is 0 Å². The van der Waals surface area contributed by atoms with E-state index in [0.29, 0.717) is 0 Å². The van der Waals surface area contributed by atoms with Crippen LogP contribution in [-0.4, -0.2) is 31.0 Å². The number of carbonyl (C=O) groups is 1. The predicted octanol–water partition coefficient (Wildman–Crippen LogP) is 0.749. The van der Waals surface area contributed by atoms with Crippen molar-refractivity contribution in [2.75, 3.05) is 13.7 Å². The molecule has 0 spiro atoms. The maximum atomic E-state index is 10.8. The molecule has 0 aromatic heterocycles. The van der Waals surface area contributed by atoms with Gasteiger partial charge in [-0.15, -0.1) is 0 Å².